The predicted octanol–water partition coefficient (Wildman–Crippen LogP) is 4.49. The van der Waals surface area contributed by atoms with Gasteiger partial charge in [0.05, 0.1) is 21.6 Å². The number of non-ortho nitro benzene ring substituents is 1. The summed E-state index contributed by atoms with van der Waals surface area (Å²) in [4.78, 5) is 22.5. The molecule has 6 nitrogen and oxygen atoms in total. The van der Waals surface area contributed by atoms with E-state index in [1.807, 2.05) is 30.3 Å². The number of amides is 1. The molecule has 3 rings (SSSR count). The smallest absolute Gasteiger partial charge is 0.270 e. The zero-order valence-electron chi connectivity index (χ0n) is 12.7. The van der Waals surface area contributed by atoms with Gasteiger partial charge in [0, 0.05) is 17.5 Å². The molecule has 122 valence electrons. The molecule has 1 N–H and O–H groups in total. The second-order valence-corrected chi connectivity index (χ2v) is 5.71. The maximum absolute atomic E-state index is 12.3. The fourth-order valence-corrected chi connectivity index (χ4v) is 2.62. The van der Waals surface area contributed by atoms with Crippen LogP contribution >= 0.6 is 11.6 Å². The van der Waals surface area contributed by atoms with E-state index in [0.29, 0.717) is 5.76 Å². The molecule has 7 heteroatoms. The zero-order chi connectivity index (χ0) is 17.3. The SMILES string of the molecule is CC(NC(=O)c1ccc([N+](=O)[O-])cc1Cl)c1cc2ccccc2o1. The standard InChI is InChI=1S/C17H13ClN2O4/c1-10(16-8-11-4-2-3-5-15(11)24-16)19-17(21)13-7-6-12(20(22)23)9-14(13)18/h2-10H,1H3,(H,19,21). The molecule has 0 saturated heterocycles. The Morgan fingerprint density at radius 2 is 2.00 bits per heavy atom. The third-order valence-electron chi connectivity index (χ3n) is 3.63. The molecule has 1 unspecified atom stereocenters. The molecule has 0 radical (unpaired) electrons. The van der Waals surface area contributed by atoms with Gasteiger partial charge in [-0.25, -0.2) is 0 Å². The average Bonchev–Trinajstić information content (AvgIpc) is 2.98. The molecule has 3 aromatic rings. The van der Waals surface area contributed by atoms with Crippen LogP contribution in [0.1, 0.15) is 29.1 Å². The molecule has 0 bridgehead atoms. The number of rotatable bonds is 4. The van der Waals surface area contributed by atoms with E-state index in [0.717, 1.165) is 17.0 Å². The number of carbonyl (C=O) groups is 1. The van der Waals surface area contributed by atoms with Gasteiger partial charge in [-0.3, -0.25) is 14.9 Å². The highest BCUT2D eigenvalue weighted by molar-refractivity contribution is 6.34. The van der Waals surface area contributed by atoms with E-state index < -0.39 is 10.8 Å². The van der Waals surface area contributed by atoms with Crippen molar-refractivity contribution in [1.82, 2.24) is 5.32 Å². The van der Waals surface area contributed by atoms with Crippen molar-refractivity contribution >= 4 is 34.2 Å². The number of nitrogens with zero attached hydrogens (tertiary/aromatic N) is 1. The lowest BCUT2D eigenvalue weighted by Crippen LogP contribution is -2.26. The monoisotopic (exact) mass is 344 g/mol. The van der Waals surface area contributed by atoms with Crippen molar-refractivity contribution in [3.8, 4) is 0 Å². The number of nitro groups is 1. The highest BCUT2D eigenvalue weighted by Gasteiger charge is 2.19. The number of carbonyl (C=O) groups excluding carboxylic acids is 1. The topological polar surface area (TPSA) is 85.4 Å². The summed E-state index contributed by atoms with van der Waals surface area (Å²) in [7, 11) is 0. The minimum atomic E-state index is -0.565. The number of benzene rings is 2. The number of fused-ring (bicyclic) bond motifs is 1. The maximum Gasteiger partial charge on any atom is 0.270 e. The Kier molecular flexibility index (Phi) is 4.22. The second kappa shape index (κ2) is 6.33. The minimum absolute atomic E-state index is 0.0264. The number of hydrogen-bond acceptors (Lipinski definition) is 4. The van der Waals surface area contributed by atoms with E-state index >= 15 is 0 Å². The third kappa shape index (κ3) is 3.09. The van der Waals surface area contributed by atoms with Gasteiger partial charge in [-0.15, -0.1) is 0 Å². The largest absolute Gasteiger partial charge is 0.459 e. The lowest BCUT2D eigenvalue weighted by atomic mass is 10.1. The molecule has 0 saturated carbocycles. The molecule has 0 aliphatic carbocycles. The molecule has 1 amide bonds. The molecule has 24 heavy (non-hydrogen) atoms. The summed E-state index contributed by atoms with van der Waals surface area (Å²) in [6, 6.07) is 12.8. The van der Waals surface area contributed by atoms with Gasteiger partial charge in [0.1, 0.15) is 11.3 Å². The second-order valence-electron chi connectivity index (χ2n) is 5.30. The summed E-state index contributed by atoms with van der Waals surface area (Å²) >= 11 is 5.97. The maximum atomic E-state index is 12.3. The molecule has 1 aromatic heterocycles. The van der Waals surface area contributed by atoms with Crippen molar-refractivity contribution in [1.29, 1.82) is 0 Å². The normalized spacial score (nSPS) is 12.1. The van der Waals surface area contributed by atoms with Gasteiger partial charge in [-0.1, -0.05) is 29.8 Å². The first-order chi connectivity index (χ1) is 11.5. The molecule has 0 spiro atoms. The highest BCUT2D eigenvalue weighted by Crippen LogP contribution is 2.26. The van der Waals surface area contributed by atoms with Crippen LogP contribution in [-0.2, 0) is 0 Å². The fourth-order valence-electron chi connectivity index (χ4n) is 2.36. The molecule has 1 heterocycles. The Balaban J connectivity index is 1.80. The van der Waals surface area contributed by atoms with Crippen LogP contribution in [0.15, 0.2) is 52.9 Å². The Labute approximate surface area is 142 Å². The summed E-state index contributed by atoms with van der Waals surface area (Å²) < 4.78 is 5.71. The molecular formula is C17H13ClN2O4. The van der Waals surface area contributed by atoms with Gasteiger partial charge in [-0.05, 0) is 25.1 Å². The first-order valence-electron chi connectivity index (χ1n) is 7.19. The summed E-state index contributed by atoms with van der Waals surface area (Å²) in [6.07, 6.45) is 0. The highest BCUT2D eigenvalue weighted by atomic mass is 35.5. The molecule has 0 aliphatic rings. The van der Waals surface area contributed by atoms with Gasteiger partial charge >= 0.3 is 0 Å². The van der Waals surface area contributed by atoms with Crippen LogP contribution < -0.4 is 5.32 Å². The number of para-hydroxylation sites is 1. The zero-order valence-corrected chi connectivity index (χ0v) is 13.4. The first kappa shape index (κ1) is 16.0. The number of hydrogen-bond donors (Lipinski definition) is 1. The molecule has 0 fully saturated rings. The molecule has 1 atom stereocenters. The van der Waals surface area contributed by atoms with Gasteiger partial charge < -0.3 is 9.73 Å². The molecular weight excluding hydrogens is 332 g/mol. The van der Waals surface area contributed by atoms with Crippen molar-refractivity contribution < 1.29 is 14.1 Å². The predicted molar refractivity (Wildman–Crippen MR) is 90.2 cm³/mol. The van der Waals surface area contributed by atoms with Crippen LogP contribution in [0.2, 0.25) is 5.02 Å². The Morgan fingerprint density at radius 1 is 1.25 bits per heavy atom. The summed E-state index contributed by atoms with van der Waals surface area (Å²) in [6.45, 7) is 1.79. The average molecular weight is 345 g/mol. The Bertz CT molecular complexity index is 902. The van der Waals surface area contributed by atoms with Crippen molar-refractivity contribution in [2.75, 3.05) is 0 Å². The Hall–Kier alpha value is -2.86. The lowest BCUT2D eigenvalue weighted by molar-refractivity contribution is -0.384. The van der Waals surface area contributed by atoms with Crippen LogP contribution in [-0.4, -0.2) is 10.8 Å². The van der Waals surface area contributed by atoms with Gasteiger partial charge in [0.15, 0.2) is 0 Å². The van der Waals surface area contributed by atoms with Crippen LogP contribution in [0.25, 0.3) is 11.0 Å². The summed E-state index contributed by atoms with van der Waals surface area (Å²) in [5, 5.41) is 14.5. The van der Waals surface area contributed by atoms with Gasteiger partial charge in [0.25, 0.3) is 11.6 Å². The number of furan rings is 1. The number of nitro benzene ring substituents is 1. The minimum Gasteiger partial charge on any atom is -0.459 e. The van der Waals surface area contributed by atoms with Crippen molar-refractivity contribution in [3.63, 3.8) is 0 Å². The third-order valence-corrected chi connectivity index (χ3v) is 3.94. The Morgan fingerprint density at radius 3 is 2.67 bits per heavy atom. The van der Waals surface area contributed by atoms with Crippen molar-refractivity contribution in [2.45, 2.75) is 13.0 Å². The van der Waals surface area contributed by atoms with E-state index in [-0.39, 0.29) is 22.3 Å². The lowest BCUT2D eigenvalue weighted by Gasteiger charge is -2.12. The van der Waals surface area contributed by atoms with Crippen LogP contribution in [0, 0.1) is 10.1 Å². The van der Waals surface area contributed by atoms with Crippen LogP contribution in [0.3, 0.4) is 0 Å². The van der Waals surface area contributed by atoms with E-state index in [1.54, 1.807) is 6.92 Å². The number of nitrogens with one attached hydrogen (secondary N) is 1. The van der Waals surface area contributed by atoms with E-state index in [4.69, 9.17) is 16.0 Å². The van der Waals surface area contributed by atoms with Gasteiger partial charge in [0.2, 0.25) is 0 Å². The number of halogens is 1. The quantitative estimate of drug-likeness (QED) is 0.558. The summed E-state index contributed by atoms with van der Waals surface area (Å²) in [5.74, 6) is 0.186. The van der Waals surface area contributed by atoms with Crippen molar-refractivity contribution in [2.24, 2.45) is 0 Å². The fraction of sp³-hybridized carbons (Fsp3) is 0.118. The van der Waals surface area contributed by atoms with E-state index in [9.17, 15) is 14.9 Å². The van der Waals surface area contributed by atoms with Crippen molar-refractivity contribution in [3.05, 3.63) is 75.0 Å². The van der Waals surface area contributed by atoms with Crippen LogP contribution in [0.4, 0.5) is 5.69 Å². The molecule has 0 aliphatic heterocycles. The first-order valence-corrected chi connectivity index (χ1v) is 7.57. The van der Waals surface area contributed by atoms with Crippen LogP contribution in [0.5, 0.6) is 0 Å². The van der Waals surface area contributed by atoms with E-state index in [2.05, 4.69) is 5.32 Å². The van der Waals surface area contributed by atoms with Gasteiger partial charge in [-0.2, -0.15) is 0 Å². The molecule has 2 aromatic carbocycles. The van der Waals surface area contributed by atoms with E-state index in [1.165, 1.54) is 12.1 Å². The summed E-state index contributed by atoms with van der Waals surface area (Å²) in [5.41, 5.74) is 0.745.